The van der Waals surface area contributed by atoms with Gasteiger partial charge in [-0.05, 0) is 24.6 Å². The first-order valence-electron chi connectivity index (χ1n) is 6.36. The maximum atomic E-state index is 11.6. The Kier molecular flexibility index (Phi) is 4.17. The summed E-state index contributed by atoms with van der Waals surface area (Å²) in [6.45, 7) is 0.991. The van der Waals surface area contributed by atoms with Crippen LogP contribution in [0.3, 0.4) is 0 Å². The van der Waals surface area contributed by atoms with Crippen molar-refractivity contribution < 1.29 is 17.9 Å². The minimum absolute atomic E-state index is 0.106. The van der Waals surface area contributed by atoms with Crippen LogP contribution in [-0.2, 0) is 14.6 Å². The molecular formula is C13H18N2O4S. The predicted molar refractivity (Wildman–Crippen MR) is 77.7 cm³/mol. The average Bonchev–Trinajstić information content (AvgIpc) is 2.59. The fraction of sp³-hybridized carbons (Fsp3) is 0.462. The highest BCUT2D eigenvalue weighted by Gasteiger charge is 2.21. The van der Waals surface area contributed by atoms with Crippen molar-refractivity contribution in [3.05, 3.63) is 23.8 Å². The first-order valence-corrected chi connectivity index (χ1v) is 8.18. The predicted octanol–water partition coefficient (Wildman–Crippen LogP) is 0.680. The highest BCUT2D eigenvalue weighted by atomic mass is 32.2. The van der Waals surface area contributed by atoms with Crippen molar-refractivity contribution in [2.75, 3.05) is 42.3 Å². The van der Waals surface area contributed by atoms with Crippen molar-refractivity contribution in [2.45, 2.75) is 6.42 Å². The van der Waals surface area contributed by atoms with Crippen LogP contribution in [0.25, 0.3) is 0 Å². The molecule has 1 aliphatic rings. The molecule has 1 fully saturated rings. The third kappa shape index (κ3) is 3.22. The number of hydrogen-bond donors (Lipinski definition) is 1. The topological polar surface area (TPSA) is 89.7 Å². The van der Waals surface area contributed by atoms with Gasteiger partial charge in [-0.25, -0.2) is 13.2 Å². The molecule has 110 valence electrons. The number of anilines is 2. The summed E-state index contributed by atoms with van der Waals surface area (Å²) in [6, 6.07) is 4.89. The zero-order valence-electron chi connectivity index (χ0n) is 11.3. The fourth-order valence-electron chi connectivity index (χ4n) is 2.24. The molecule has 1 saturated heterocycles. The molecule has 1 heterocycles. The maximum absolute atomic E-state index is 11.6. The number of ether oxygens (including phenoxy) is 1. The van der Waals surface area contributed by atoms with Crippen LogP contribution in [0.15, 0.2) is 18.2 Å². The molecule has 1 aromatic carbocycles. The van der Waals surface area contributed by atoms with Gasteiger partial charge in [-0.3, -0.25) is 0 Å². The molecule has 6 nitrogen and oxygen atoms in total. The lowest BCUT2D eigenvalue weighted by Crippen LogP contribution is -2.27. The second-order valence-corrected chi connectivity index (χ2v) is 7.06. The molecule has 1 aromatic rings. The largest absolute Gasteiger partial charge is 0.465 e. The van der Waals surface area contributed by atoms with Crippen molar-refractivity contribution in [2.24, 2.45) is 0 Å². The van der Waals surface area contributed by atoms with Crippen molar-refractivity contribution in [1.82, 2.24) is 0 Å². The number of benzene rings is 1. The summed E-state index contributed by atoms with van der Waals surface area (Å²) in [6.07, 6.45) is 0.560. The van der Waals surface area contributed by atoms with Crippen LogP contribution in [0.4, 0.5) is 11.4 Å². The van der Waals surface area contributed by atoms with E-state index in [4.69, 9.17) is 5.73 Å². The van der Waals surface area contributed by atoms with Gasteiger partial charge in [0.15, 0.2) is 9.84 Å². The van der Waals surface area contributed by atoms with Gasteiger partial charge in [0, 0.05) is 13.1 Å². The smallest absolute Gasteiger partial charge is 0.337 e. The summed E-state index contributed by atoms with van der Waals surface area (Å²) in [7, 11) is -1.66. The van der Waals surface area contributed by atoms with Crippen molar-refractivity contribution >= 4 is 27.2 Å². The van der Waals surface area contributed by atoms with E-state index < -0.39 is 15.8 Å². The molecule has 0 unspecified atom stereocenters. The van der Waals surface area contributed by atoms with Crippen LogP contribution in [0, 0.1) is 0 Å². The van der Waals surface area contributed by atoms with E-state index in [9.17, 15) is 13.2 Å². The number of carbonyl (C=O) groups excluding carboxylic acids is 1. The standard InChI is InChI=1S/C13H18N2O4S/c1-19-13(16)10-3-4-11(14)12(9-10)15-5-2-7-20(17,18)8-6-15/h3-4,9H,2,5-8,14H2,1H3. The molecule has 2 N–H and O–H groups in total. The van der Waals surface area contributed by atoms with Gasteiger partial charge in [0.2, 0.25) is 0 Å². The van der Waals surface area contributed by atoms with Crippen LogP contribution in [-0.4, -0.2) is 46.1 Å². The van der Waals surface area contributed by atoms with Crippen LogP contribution in [0.1, 0.15) is 16.8 Å². The Morgan fingerprint density at radius 2 is 2.05 bits per heavy atom. The van der Waals surface area contributed by atoms with Gasteiger partial charge in [-0.15, -0.1) is 0 Å². The molecule has 0 amide bonds. The number of nitrogen functional groups attached to an aromatic ring is 1. The summed E-state index contributed by atoms with van der Waals surface area (Å²) in [5.41, 5.74) is 7.55. The lowest BCUT2D eigenvalue weighted by Gasteiger charge is -2.24. The Balaban J connectivity index is 2.29. The third-order valence-electron chi connectivity index (χ3n) is 3.35. The van der Waals surface area contributed by atoms with E-state index in [0.717, 1.165) is 0 Å². The lowest BCUT2D eigenvalue weighted by molar-refractivity contribution is 0.0601. The first kappa shape index (κ1) is 14.6. The van der Waals surface area contributed by atoms with E-state index in [2.05, 4.69) is 4.74 Å². The molecule has 7 heteroatoms. The molecule has 0 bridgehead atoms. The molecule has 0 saturated carbocycles. The second-order valence-electron chi connectivity index (χ2n) is 4.76. The minimum Gasteiger partial charge on any atom is -0.465 e. The Hall–Kier alpha value is -1.76. The van der Waals surface area contributed by atoms with Crippen LogP contribution < -0.4 is 10.6 Å². The molecule has 1 aliphatic heterocycles. The Morgan fingerprint density at radius 3 is 2.75 bits per heavy atom. The molecular weight excluding hydrogens is 280 g/mol. The van der Waals surface area contributed by atoms with E-state index in [1.165, 1.54) is 7.11 Å². The van der Waals surface area contributed by atoms with Gasteiger partial charge in [0.1, 0.15) is 0 Å². The van der Waals surface area contributed by atoms with E-state index in [1.807, 2.05) is 4.90 Å². The summed E-state index contributed by atoms with van der Waals surface area (Å²) in [5.74, 6) is -0.136. The maximum Gasteiger partial charge on any atom is 0.337 e. The number of carbonyl (C=O) groups is 1. The number of rotatable bonds is 2. The van der Waals surface area contributed by atoms with Gasteiger partial charge in [-0.1, -0.05) is 0 Å². The molecule has 0 spiro atoms. The van der Waals surface area contributed by atoms with Gasteiger partial charge < -0.3 is 15.4 Å². The molecule has 0 atom stereocenters. The molecule has 0 aromatic heterocycles. The second kappa shape index (κ2) is 5.70. The fourth-order valence-corrected chi connectivity index (χ4v) is 3.51. The van der Waals surface area contributed by atoms with E-state index >= 15 is 0 Å². The Labute approximate surface area is 118 Å². The number of hydrogen-bond acceptors (Lipinski definition) is 6. The molecule has 0 radical (unpaired) electrons. The summed E-state index contributed by atoms with van der Waals surface area (Å²) in [4.78, 5) is 13.5. The highest BCUT2D eigenvalue weighted by Crippen LogP contribution is 2.26. The highest BCUT2D eigenvalue weighted by molar-refractivity contribution is 7.91. The van der Waals surface area contributed by atoms with Gasteiger partial charge >= 0.3 is 5.97 Å². The monoisotopic (exact) mass is 298 g/mol. The van der Waals surface area contributed by atoms with Crippen molar-refractivity contribution in [3.8, 4) is 0 Å². The summed E-state index contributed by atoms with van der Waals surface area (Å²) < 4.78 is 27.9. The lowest BCUT2D eigenvalue weighted by atomic mass is 10.1. The Morgan fingerprint density at radius 1 is 1.30 bits per heavy atom. The van der Waals surface area contributed by atoms with E-state index in [1.54, 1.807) is 18.2 Å². The SMILES string of the molecule is COC(=O)c1ccc(N)c(N2CCCS(=O)(=O)CC2)c1. The van der Waals surface area contributed by atoms with Gasteiger partial charge in [0.25, 0.3) is 0 Å². The molecule has 2 rings (SSSR count). The number of nitrogens with zero attached hydrogens (tertiary/aromatic N) is 1. The number of esters is 1. The van der Waals surface area contributed by atoms with Gasteiger partial charge in [-0.2, -0.15) is 0 Å². The van der Waals surface area contributed by atoms with Crippen molar-refractivity contribution in [1.29, 1.82) is 0 Å². The number of nitrogens with two attached hydrogens (primary N) is 1. The molecule has 0 aliphatic carbocycles. The van der Waals surface area contributed by atoms with Gasteiger partial charge in [0.05, 0.1) is 35.6 Å². The van der Waals surface area contributed by atoms with Crippen molar-refractivity contribution in [3.63, 3.8) is 0 Å². The zero-order chi connectivity index (χ0) is 14.8. The van der Waals surface area contributed by atoms with Crippen LogP contribution in [0.2, 0.25) is 0 Å². The number of methoxy groups -OCH3 is 1. The van der Waals surface area contributed by atoms with Crippen LogP contribution >= 0.6 is 0 Å². The third-order valence-corrected chi connectivity index (χ3v) is 5.06. The van der Waals surface area contributed by atoms with Crippen LogP contribution in [0.5, 0.6) is 0 Å². The van der Waals surface area contributed by atoms with E-state index in [0.29, 0.717) is 36.4 Å². The summed E-state index contributed by atoms with van der Waals surface area (Å²) >= 11 is 0. The summed E-state index contributed by atoms with van der Waals surface area (Å²) in [5, 5.41) is 0. The molecule has 20 heavy (non-hydrogen) atoms. The first-order chi connectivity index (χ1) is 9.43. The normalized spacial score (nSPS) is 18.4. The minimum atomic E-state index is -2.98. The number of sulfone groups is 1. The van der Waals surface area contributed by atoms with E-state index in [-0.39, 0.29) is 11.5 Å². The zero-order valence-corrected chi connectivity index (χ0v) is 12.1. The average molecular weight is 298 g/mol. The Bertz CT molecular complexity index is 613. The quantitative estimate of drug-likeness (QED) is 0.638.